The Balaban J connectivity index is -0.000000498. The van der Waals surface area contributed by atoms with Gasteiger partial charge in [-0.25, -0.2) is 0 Å². The van der Waals surface area contributed by atoms with Crippen LogP contribution in [0.1, 0.15) is 369 Å². The van der Waals surface area contributed by atoms with Crippen LogP contribution >= 0.6 is 24.2 Å². The van der Waals surface area contributed by atoms with Crippen molar-refractivity contribution >= 4 is 41.7 Å². The maximum atomic E-state index is 10.7. The maximum Gasteiger partial charge on any atom is 0.539 e. The van der Waals surface area contributed by atoms with Crippen molar-refractivity contribution in [1.29, 1.82) is 0 Å². The fraction of sp³-hybridized carbons (Fsp3) is 0.553. The van der Waals surface area contributed by atoms with Gasteiger partial charge in [0.2, 0.25) is 0 Å². The molecule has 7 aromatic carbocycles. The molecule has 0 saturated heterocycles. The van der Waals surface area contributed by atoms with E-state index in [1.807, 2.05) is 54.5 Å². The Kier molecular flexibility index (Phi) is 88.2. The van der Waals surface area contributed by atoms with E-state index in [9.17, 15) is 23.8 Å². The van der Waals surface area contributed by atoms with Gasteiger partial charge in [-0.2, -0.15) is 0 Å². The van der Waals surface area contributed by atoms with Crippen molar-refractivity contribution in [3.63, 3.8) is 0 Å². The number of allylic oxidation sites excluding steroid dienone is 13. The maximum absolute atomic E-state index is 10.7. The molecule has 1 unspecified atom stereocenters. The minimum absolute atomic E-state index is 0.0255. The molecule has 0 spiro atoms. The number of hydrogen-bond acceptors (Lipinski definition) is 11. The third kappa shape index (κ3) is 89.1. The molecule has 0 fully saturated rings. The van der Waals surface area contributed by atoms with Gasteiger partial charge in [0.05, 0.1) is 13.2 Å². The second-order valence-corrected chi connectivity index (χ2v) is 44.7. The molecule has 0 saturated carbocycles. The van der Waals surface area contributed by atoms with Gasteiger partial charge in [-0.15, -0.1) is 6.58 Å². The highest BCUT2D eigenvalue weighted by Crippen LogP contribution is 2.29. The van der Waals surface area contributed by atoms with Crippen LogP contribution < -0.4 is 14.4 Å². The average molecular weight is 2080 g/mol. The lowest BCUT2D eigenvalue weighted by atomic mass is 9.95. The summed E-state index contributed by atoms with van der Waals surface area (Å²) in [5.74, 6) is 8.74. The summed E-state index contributed by atoms with van der Waals surface area (Å²) in [4.78, 5) is 41.5. The normalized spacial score (nSPS) is 11.5. The highest BCUT2D eigenvalue weighted by Gasteiger charge is 2.14. The molecule has 0 aliphatic rings. The first-order valence-electron chi connectivity index (χ1n) is 53.8. The topological polar surface area (TPSA) is 147 Å². The lowest BCUT2D eigenvalue weighted by molar-refractivity contribution is -0.182. The lowest BCUT2D eigenvalue weighted by Crippen LogP contribution is -2.06. The number of aryl methyl sites for hydroxylation is 9. The number of ketones is 2. The van der Waals surface area contributed by atoms with Gasteiger partial charge < -0.3 is 28.6 Å². The van der Waals surface area contributed by atoms with Gasteiger partial charge in [0.1, 0.15) is 11.5 Å². The summed E-state index contributed by atoms with van der Waals surface area (Å²) in [6.07, 6.45) is 31.9. The summed E-state index contributed by atoms with van der Waals surface area (Å²) in [5.41, 5.74) is 29.1. The molecule has 0 bridgehead atoms. The molecule has 1 atom stereocenters. The molecule has 0 radical (unpaired) electrons. The van der Waals surface area contributed by atoms with E-state index in [0.717, 1.165) is 105 Å². The van der Waals surface area contributed by atoms with E-state index in [1.165, 1.54) is 193 Å². The highest BCUT2D eigenvalue weighted by molar-refractivity contribution is 9.10. The molecule has 816 valence electrons. The van der Waals surface area contributed by atoms with E-state index in [-0.39, 0.29) is 35.3 Å². The van der Waals surface area contributed by atoms with Crippen molar-refractivity contribution < 1.29 is 52.1 Å². The first-order chi connectivity index (χ1) is 67.8. The molecule has 0 aromatic heterocycles. The molecule has 0 heterocycles. The van der Waals surface area contributed by atoms with Crippen LogP contribution in [-0.2, 0) is 89.0 Å². The predicted molar refractivity (Wildman–Crippen MR) is 637 cm³/mol. The average Bonchev–Trinajstić information content (AvgIpc) is 0.839. The van der Waals surface area contributed by atoms with Gasteiger partial charge in [0, 0.05) is 44.2 Å². The Labute approximate surface area is 901 Å². The molecule has 145 heavy (non-hydrogen) atoms. The van der Waals surface area contributed by atoms with E-state index in [2.05, 4.69) is 410 Å². The van der Waals surface area contributed by atoms with E-state index in [0.29, 0.717) is 31.0 Å². The van der Waals surface area contributed by atoms with Gasteiger partial charge in [0.15, 0.2) is 24.1 Å². The molecule has 13 heteroatoms. The Bertz CT molecular complexity index is 4770. The van der Waals surface area contributed by atoms with Crippen LogP contribution in [0.2, 0.25) is 0 Å². The summed E-state index contributed by atoms with van der Waals surface area (Å²) in [5, 5.41) is 0. The quantitative estimate of drug-likeness (QED) is 0.00901. The Morgan fingerprint density at radius 1 is 0.386 bits per heavy atom. The van der Waals surface area contributed by atoms with E-state index < -0.39 is 8.25 Å². The molecule has 0 aliphatic heterocycles. The molecule has 7 aromatic rings. The van der Waals surface area contributed by atoms with Gasteiger partial charge >= 0.3 is 14.2 Å². The summed E-state index contributed by atoms with van der Waals surface area (Å²) >= 11 is 3.58. The molecular weight excluding hydrogens is 1870 g/mol. The van der Waals surface area contributed by atoms with Crippen LogP contribution in [0.3, 0.4) is 0 Å². The van der Waals surface area contributed by atoms with Crippen LogP contribution in [0.15, 0.2) is 227 Å². The number of hydrogen-bond donors (Lipinski definition) is 0. The van der Waals surface area contributed by atoms with Crippen molar-refractivity contribution in [3.8, 4) is 11.5 Å². The summed E-state index contributed by atoms with van der Waals surface area (Å²) in [6.45, 7) is 92.3. The third-order valence-electron chi connectivity index (χ3n) is 21.5. The van der Waals surface area contributed by atoms with Gasteiger partial charge in [-0.05, 0) is 399 Å². The zero-order chi connectivity index (χ0) is 112. The number of halogens is 1. The van der Waals surface area contributed by atoms with Gasteiger partial charge in [-0.3, -0.25) is 18.9 Å². The molecule has 0 aliphatic carbocycles. The zero-order valence-electron chi connectivity index (χ0n) is 100. The van der Waals surface area contributed by atoms with E-state index >= 15 is 0 Å². The van der Waals surface area contributed by atoms with E-state index in [1.54, 1.807) is 27.2 Å². The monoisotopic (exact) mass is 2080 g/mol. The minimum atomic E-state index is -2.92. The molecule has 0 N–H and O–H groups in total. The van der Waals surface area contributed by atoms with Crippen molar-refractivity contribution in [3.05, 3.63) is 316 Å². The van der Waals surface area contributed by atoms with Gasteiger partial charge in [-0.1, -0.05) is 346 Å². The van der Waals surface area contributed by atoms with Crippen LogP contribution in [0.25, 0.3) is 0 Å². The standard InChI is InChI=1S/C19H28.C16H23Br.C15H22.C14H22O2.C12H18O.C11H16.C10H14.C9H16O.C9H18.C8H13O4P.C5H10O2.C4H10O/c1-7-8-18-12-17(6)19(13-16(18)5)10-9-15(4)11-14(2)3;1-11(2)8-12(3)6-7-15-9-14(5)16(17)10-13(15)4;1-13(2)12-14(3)8-7-11-15-9-5-4-6-10-15;1-10(2)6-13-8-14(16-9-15-5)12(4)7-11(13)3;1-9(2)7-11-6-5-10(3)12(8-11)13-4;1-9(2)8-11-6-4-10(3)5-7-11;1-9(2)8-10-6-4-3-5-7-10;1-7(2)5-8(3)6-9(4)10;1-5-6-9(4)7-8(2)3;1-6(2)4-8(5-7(3)9)12-13(10)11;1-4(2)7-5(3)6;1-3-5-4-2/h7,9,12-14H,1,8,10-11H2,2-6H3;6,9-11H,7-8H2,1-5H3;4-6,8-10,13H,7,11-12H2,1-3H3;7-8,10H,6,9H2,1-5H3;5-6,8-9H,7H2,1-4H3;4-7,9H,8H2,1-3H3;3-7,9H,8H2,1-2H3;6-7H,5H2,1-4H3;6,8H,5,7H2,1-4H3;5-6H,4H2,1-3H3;4H,1-3H3;3-4H2,1-2H3/b15-9-;12-6-;14-8+;;;;;8-6-;9-6+;8-5-;;. The number of esters is 1. The Hall–Kier alpha value is -8.61. The third-order valence-corrected chi connectivity index (χ3v) is 22.7. The van der Waals surface area contributed by atoms with Crippen molar-refractivity contribution in [1.82, 2.24) is 0 Å². The molecular formula is C132H210BrO11P. The molecule has 0 amide bonds. The first kappa shape index (κ1) is 145. The second-order valence-electron chi connectivity index (χ2n) is 43.2. The molecule has 7 rings (SSSR count). The zero-order valence-corrected chi connectivity index (χ0v) is 103. The summed E-state index contributed by atoms with van der Waals surface area (Å²) in [6, 6.07) is 50.0. The first-order valence-corrected chi connectivity index (χ1v) is 55.7. The van der Waals surface area contributed by atoms with Crippen LogP contribution in [-0.4, -0.2) is 57.9 Å². The lowest BCUT2D eigenvalue weighted by Gasteiger charge is -2.14. The molecule has 11 nitrogen and oxygen atoms in total. The predicted octanol–water partition coefficient (Wildman–Crippen LogP) is 38.0. The van der Waals surface area contributed by atoms with Crippen molar-refractivity contribution in [2.45, 2.75) is 393 Å². The number of rotatable bonds is 41. The SMILES string of the molecule is C/C(=C/Cc1cc(C)c(Br)cc1C)CC(C)C.C/C(=C\CCc1ccccc1)CC(C)C.C=CCc1cc(C)c(C/C=C(/C)CC(C)C)cc1C.CC(=O)/C=C(/C)CC(C)C.CC(=O)/C=C(/CC(C)C)O[P+](=O)[O-].CC(=O)OC(C)C.CC(C)Cc1ccccc1.CC/C=C(\C)CC(C)C.CCOCC.COCOc1cc(CC(C)C)c(C)cc1C.COc1cc(CC(C)C)ccc1C.Cc1ccc(CC(C)C)cc1. The number of carbonyl (C=O) groups is 3. The van der Waals surface area contributed by atoms with Crippen molar-refractivity contribution in [2.75, 3.05) is 34.2 Å². The summed E-state index contributed by atoms with van der Waals surface area (Å²) < 4.78 is 41.1. The van der Waals surface area contributed by atoms with Gasteiger partial charge in [0.25, 0.3) is 0 Å². The second kappa shape index (κ2) is 88.3. The minimum Gasteiger partial charge on any atom is -0.558 e. The number of ether oxygens (including phenoxy) is 5. The van der Waals surface area contributed by atoms with Crippen molar-refractivity contribution in [2.24, 2.45) is 59.2 Å². The fourth-order valence-electron chi connectivity index (χ4n) is 15.5. The number of carbonyl (C=O) groups excluding carboxylic acids is 3. The van der Waals surface area contributed by atoms with Crippen LogP contribution in [0.4, 0.5) is 0 Å². The smallest absolute Gasteiger partial charge is 0.539 e. The highest BCUT2D eigenvalue weighted by atomic mass is 79.9. The summed E-state index contributed by atoms with van der Waals surface area (Å²) in [7, 11) is 0.440. The number of benzene rings is 7. The number of methoxy groups -OCH3 is 2. The van der Waals surface area contributed by atoms with E-state index in [4.69, 9.17) is 18.9 Å². The Morgan fingerprint density at radius 2 is 0.772 bits per heavy atom. The Morgan fingerprint density at radius 3 is 1.14 bits per heavy atom. The van der Waals surface area contributed by atoms with Crippen LogP contribution in [0, 0.1) is 115 Å². The largest absolute Gasteiger partial charge is 0.558 e. The fourth-order valence-corrected chi connectivity index (χ4v) is 16.3. The van der Waals surface area contributed by atoms with Crippen LogP contribution in [0.5, 0.6) is 11.5 Å².